The first-order chi connectivity index (χ1) is 7.20. The molecule has 0 aliphatic carbocycles. The number of rotatable bonds is 1. The lowest BCUT2D eigenvalue weighted by molar-refractivity contribution is -0.117. The van der Waals surface area contributed by atoms with Crippen molar-refractivity contribution in [1.29, 1.82) is 0 Å². The highest BCUT2D eigenvalue weighted by Crippen LogP contribution is 2.24. The molecule has 0 N–H and O–H groups in total. The van der Waals surface area contributed by atoms with E-state index < -0.39 is 0 Å². The summed E-state index contributed by atoms with van der Waals surface area (Å²) in [6, 6.07) is 1.60. The third kappa shape index (κ3) is 1.92. The molecule has 1 saturated heterocycles. The summed E-state index contributed by atoms with van der Waals surface area (Å²) in [6.07, 6.45) is 7.17. The van der Waals surface area contributed by atoms with E-state index in [9.17, 15) is 4.79 Å². The summed E-state index contributed by atoms with van der Waals surface area (Å²) in [7, 11) is 0. The molecule has 1 aliphatic rings. The van der Waals surface area contributed by atoms with E-state index in [4.69, 9.17) is 18.0 Å². The Hall–Kier alpha value is -1.60. The number of anilines is 1. The SMILES string of the molecule is C#CC1CC(=O)N(c2cnnc(Cl)c2)C1. The van der Waals surface area contributed by atoms with Crippen LogP contribution >= 0.6 is 11.6 Å². The number of carbonyl (C=O) groups excluding carboxylic acids is 1. The van der Waals surface area contributed by atoms with E-state index in [0.29, 0.717) is 18.7 Å². The van der Waals surface area contributed by atoms with E-state index in [1.807, 2.05) is 0 Å². The van der Waals surface area contributed by atoms with E-state index in [1.165, 1.54) is 6.20 Å². The largest absolute Gasteiger partial charge is 0.309 e. The van der Waals surface area contributed by atoms with E-state index >= 15 is 0 Å². The summed E-state index contributed by atoms with van der Waals surface area (Å²) in [5.41, 5.74) is 0.651. The van der Waals surface area contributed by atoms with Gasteiger partial charge in [-0.1, -0.05) is 11.6 Å². The van der Waals surface area contributed by atoms with Crippen molar-refractivity contribution in [2.75, 3.05) is 11.4 Å². The van der Waals surface area contributed by atoms with Gasteiger partial charge in [-0.15, -0.1) is 17.4 Å². The molecule has 2 rings (SSSR count). The molecule has 0 bridgehead atoms. The van der Waals surface area contributed by atoms with Crippen molar-refractivity contribution in [1.82, 2.24) is 10.2 Å². The second kappa shape index (κ2) is 3.87. The number of aromatic nitrogens is 2. The number of terminal acetylenes is 1. The summed E-state index contributed by atoms with van der Waals surface area (Å²) in [4.78, 5) is 13.2. The van der Waals surface area contributed by atoms with Gasteiger partial charge in [-0.05, 0) is 0 Å². The molecule has 1 aromatic rings. The highest BCUT2D eigenvalue weighted by molar-refractivity contribution is 6.29. The zero-order valence-electron chi connectivity index (χ0n) is 7.85. The second-order valence-corrected chi connectivity index (χ2v) is 3.70. The first kappa shape index (κ1) is 9.94. The molecule has 0 spiro atoms. The lowest BCUT2D eigenvalue weighted by atomic mass is 10.1. The standard InChI is InChI=1S/C10H8ClN3O/c1-2-7-3-10(15)14(6-7)8-4-9(11)13-12-5-8/h1,4-5,7H,3,6H2. The summed E-state index contributed by atoms with van der Waals surface area (Å²) < 4.78 is 0. The second-order valence-electron chi connectivity index (χ2n) is 3.31. The van der Waals surface area contributed by atoms with Crippen LogP contribution in [0.3, 0.4) is 0 Å². The van der Waals surface area contributed by atoms with Crippen molar-refractivity contribution < 1.29 is 4.79 Å². The van der Waals surface area contributed by atoms with Crippen LogP contribution in [-0.2, 0) is 4.79 Å². The Kier molecular flexibility index (Phi) is 2.57. The van der Waals surface area contributed by atoms with Gasteiger partial charge in [-0.2, -0.15) is 5.10 Å². The quantitative estimate of drug-likeness (QED) is 0.668. The zero-order valence-corrected chi connectivity index (χ0v) is 8.61. The Labute approximate surface area is 92.2 Å². The molecule has 0 radical (unpaired) electrons. The van der Waals surface area contributed by atoms with E-state index in [2.05, 4.69) is 16.1 Å². The van der Waals surface area contributed by atoms with Crippen molar-refractivity contribution in [3.63, 3.8) is 0 Å². The Morgan fingerprint density at radius 2 is 2.47 bits per heavy atom. The van der Waals surface area contributed by atoms with Gasteiger partial charge in [-0.25, -0.2) is 0 Å². The van der Waals surface area contributed by atoms with Crippen LogP contribution < -0.4 is 4.90 Å². The van der Waals surface area contributed by atoms with E-state index in [1.54, 1.807) is 11.0 Å². The fraction of sp³-hybridized carbons (Fsp3) is 0.300. The minimum Gasteiger partial charge on any atom is -0.309 e. The molecule has 1 aliphatic heterocycles. The molecule has 1 fully saturated rings. The monoisotopic (exact) mass is 221 g/mol. The van der Waals surface area contributed by atoms with Crippen LogP contribution in [0.5, 0.6) is 0 Å². The molecule has 0 aromatic carbocycles. The molecule has 1 atom stereocenters. The number of carbonyl (C=O) groups is 1. The van der Waals surface area contributed by atoms with Crippen LogP contribution in [0.15, 0.2) is 12.3 Å². The summed E-state index contributed by atoms with van der Waals surface area (Å²) >= 11 is 5.69. The first-order valence-corrected chi connectivity index (χ1v) is 4.83. The molecule has 1 aromatic heterocycles. The van der Waals surface area contributed by atoms with Crippen LogP contribution in [0, 0.1) is 18.3 Å². The summed E-state index contributed by atoms with van der Waals surface area (Å²) in [5.74, 6) is 2.56. The third-order valence-corrected chi connectivity index (χ3v) is 2.47. The van der Waals surface area contributed by atoms with Gasteiger partial charge in [0.05, 0.1) is 11.9 Å². The number of amides is 1. The van der Waals surface area contributed by atoms with Gasteiger partial charge in [0, 0.05) is 24.9 Å². The minimum absolute atomic E-state index is 0.00187. The number of hydrogen-bond acceptors (Lipinski definition) is 3. The molecular weight excluding hydrogens is 214 g/mol. The fourth-order valence-electron chi connectivity index (χ4n) is 1.55. The molecule has 5 heteroatoms. The van der Waals surface area contributed by atoms with E-state index in [0.717, 1.165) is 0 Å². The third-order valence-electron chi connectivity index (χ3n) is 2.28. The van der Waals surface area contributed by atoms with Crippen molar-refractivity contribution in [2.24, 2.45) is 5.92 Å². The zero-order chi connectivity index (χ0) is 10.8. The highest BCUT2D eigenvalue weighted by Gasteiger charge is 2.29. The van der Waals surface area contributed by atoms with Crippen LogP contribution in [0.25, 0.3) is 0 Å². The van der Waals surface area contributed by atoms with Gasteiger partial charge in [0.15, 0.2) is 5.15 Å². The minimum atomic E-state index is -0.0237. The van der Waals surface area contributed by atoms with Gasteiger partial charge in [-0.3, -0.25) is 4.79 Å². The lowest BCUT2D eigenvalue weighted by Crippen LogP contribution is -2.24. The number of nitrogens with zero attached hydrogens (tertiary/aromatic N) is 3. The maximum absolute atomic E-state index is 11.6. The van der Waals surface area contributed by atoms with Crippen LogP contribution in [0.2, 0.25) is 5.15 Å². The fourth-order valence-corrected chi connectivity index (χ4v) is 1.70. The normalized spacial score (nSPS) is 20.4. The Morgan fingerprint density at radius 1 is 1.67 bits per heavy atom. The van der Waals surface area contributed by atoms with Crippen molar-refractivity contribution >= 4 is 23.2 Å². The van der Waals surface area contributed by atoms with Crippen LogP contribution in [-0.4, -0.2) is 22.6 Å². The highest BCUT2D eigenvalue weighted by atomic mass is 35.5. The van der Waals surface area contributed by atoms with Gasteiger partial charge >= 0.3 is 0 Å². The van der Waals surface area contributed by atoms with Gasteiger partial charge in [0.2, 0.25) is 5.91 Å². The average Bonchev–Trinajstić information content (AvgIpc) is 2.60. The van der Waals surface area contributed by atoms with Crippen molar-refractivity contribution in [3.8, 4) is 12.3 Å². The smallest absolute Gasteiger partial charge is 0.228 e. The van der Waals surface area contributed by atoms with Gasteiger partial charge < -0.3 is 4.90 Å². The Morgan fingerprint density at radius 3 is 3.07 bits per heavy atom. The Balaban J connectivity index is 2.26. The van der Waals surface area contributed by atoms with Gasteiger partial charge in [0.25, 0.3) is 0 Å². The molecule has 1 unspecified atom stereocenters. The molecule has 0 saturated carbocycles. The molecule has 76 valence electrons. The summed E-state index contributed by atoms with van der Waals surface area (Å²) in [5, 5.41) is 7.57. The molecular formula is C10H8ClN3O. The number of hydrogen-bond donors (Lipinski definition) is 0. The molecule has 15 heavy (non-hydrogen) atoms. The van der Waals surface area contributed by atoms with Crippen molar-refractivity contribution in [2.45, 2.75) is 6.42 Å². The maximum Gasteiger partial charge on any atom is 0.228 e. The maximum atomic E-state index is 11.6. The summed E-state index contributed by atoms with van der Waals surface area (Å²) in [6.45, 7) is 0.525. The topological polar surface area (TPSA) is 46.1 Å². The first-order valence-electron chi connectivity index (χ1n) is 4.45. The molecule has 1 amide bonds. The average molecular weight is 222 g/mol. The van der Waals surface area contributed by atoms with E-state index in [-0.39, 0.29) is 17.0 Å². The van der Waals surface area contributed by atoms with Crippen molar-refractivity contribution in [3.05, 3.63) is 17.4 Å². The van der Waals surface area contributed by atoms with Crippen LogP contribution in [0.4, 0.5) is 5.69 Å². The number of halogens is 1. The lowest BCUT2D eigenvalue weighted by Gasteiger charge is -2.14. The predicted molar refractivity (Wildman–Crippen MR) is 56.3 cm³/mol. The molecule has 2 heterocycles. The Bertz CT molecular complexity index is 441. The predicted octanol–water partition coefficient (Wildman–Crippen LogP) is 1.12. The van der Waals surface area contributed by atoms with Gasteiger partial charge in [0.1, 0.15) is 0 Å². The van der Waals surface area contributed by atoms with Crippen LogP contribution in [0.1, 0.15) is 6.42 Å². The molecule has 4 nitrogen and oxygen atoms in total.